The van der Waals surface area contributed by atoms with Crippen molar-refractivity contribution in [3.63, 3.8) is 0 Å². The fraction of sp³-hybridized carbons (Fsp3) is 0.636. The Hall–Kier alpha value is -0.870. The number of aromatic nitrogens is 1. The van der Waals surface area contributed by atoms with Gasteiger partial charge in [-0.3, -0.25) is 0 Å². The molecule has 0 radical (unpaired) electrons. The van der Waals surface area contributed by atoms with Gasteiger partial charge < -0.3 is 14.5 Å². The standard InChI is InChI=1S/C11H15ClN4OS/c1-15(2)6-8-7-16(3-4-17-8)11-9(5-13)10(12)14-18-11/h8H,3-4,6-7H2,1-2H3. The quantitative estimate of drug-likeness (QED) is 0.841. The highest BCUT2D eigenvalue weighted by atomic mass is 35.5. The average molecular weight is 287 g/mol. The van der Waals surface area contributed by atoms with Crippen LogP contribution >= 0.6 is 23.1 Å². The van der Waals surface area contributed by atoms with Crippen LogP contribution in [0.4, 0.5) is 5.00 Å². The number of ether oxygens (including phenoxy) is 1. The number of nitriles is 1. The van der Waals surface area contributed by atoms with Crippen molar-refractivity contribution in [1.29, 1.82) is 5.26 Å². The molecule has 7 heteroatoms. The van der Waals surface area contributed by atoms with Crippen molar-refractivity contribution in [2.24, 2.45) is 0 Å². The van der Waals surface area contributed by atoms with Gasteiger partial charge in [0, 0.05) is 19.6 Å². The predicted octanol–water partition coefficient (Wildman–Crippen LogP) is 1.43. The Balaban J connectivity index is 2.11. The first-order valence-corrected chi connectivity index (χ1v) is 6.83. The molecule has 18 heavy (non-hydrogen) atoms. The summed E-state index contributed by atoms with van der Waals surface area (Å²) in [5.41, 5.74) is 0.479. The van der Waals surface area contributed by atoms with Gasteiger partial charge in [-0.15, -0.1) is 0 Å². The number of halogens is 1. The first-order chi connectivity index (χ1) is 8.61. The topological polar surface area (TPSA) is 52.4 Å². The van der Waals surface area contributed by atoms with Gasteiger partial charge in [0.15, 0.2) is 5.15 Å². The van der Waals surface area contributed by atoms with Crippen LogP contribution in [0.15, 0.2) is 0 Å². The van der Waals surface area contributed by atoms with Crippen molar-refractivity contribution in [3.05, 3.63) is 10.7 Å². The van der Waals surface area contributed by atoms with E-state index in [1.54, 1.807) is 0 Å². The molecule has 0 saturated carbocycles. The number of rotatable bonds is 3. The smallest absolute Gasteiger partial charge is 0.162 e. The number of likely N-dealkylation sites (N-methyl/N-ethyl adjacent to an activating group) is 1. The number of hydrogen-bond donors (Lipinski definition) is 0. The van der Waals surface area contributed by atoms with E-state index in [4.69, 9.17) is 21.6 Å². The molecule has 98 valence electrons. The Morgan fingerprint density at radius 1 is 1.67 bits per heavy atom. The fourth-order valence-electron chi connectivity index (χ4n) is 1.99. The molecular formula is C11H15ClN4OS. The average Bonchev–Trinajstić information content (AvgIpc) is 2.70. The van der Waals surface area contributed by atoms with E-state index in [2.05, 4.69) is 20.2 Å². The van der Waals surface area contributed by atoms with Gasteiger partial charge in [0.05, 0.1) is 12.7 Å². The molecule has 2 rings (SSSR count). The highest BCUT2D eigenvalue weighted by Crippen LogP contribution is 2.32. The van der Waals surface area contributed by atoms with E-state index in [1.165, 1.54) is 11.5 Å². The molecule has 5 nitrogen and oxygen atoms in total. The summed E-state index contributed by atoms with van der Waals surface area (Å²) < 4.78 is 9.75. The molecule has 0 N–H and O–H groups in total. The van der Waals surface area contributed by atoms with Gasteiger partial charge in [-0.25, -0.2) is 0 Å². The molecule has 1 fully saturated rings. The zero-order chi connectivity index (χ0) is 13.1. The minimum absolute atomic E-state index is 0.154. The minimum atomic E-state index is 0.154. The summed E-state index contributed by atoms with van der Waals surface area (Å²) in [5, 5.41) is 10.3. The molecule has 0 amide bonds. The summed E-state index contributed by atoms with van der Waals surface area (Å²) in [5.74, 6) is 0. The maximum Gasteiger partial charge on any atom is 0.162 e. The zero-order valence-electron chi connectivity index (χ0n) is 10.4. The Labute approximate surface area is 116 Å². The van der Waals surface area contributed by atoms with Crippen molar-refractivity contribution < 1.29 is 4.74 Å². The van der Waals surface area contributed by atoms with Gasteiger partial charge in [-0.2, -0.15) is 9.64 Å². The minimum Gasteiger partial charge on any atom is -0.373 e. The van der Waals surface area contributed by atoms with Gasteiger partial charge in [-0.1, -0.05) is 11.6 Å². The van der Waals surface area contributed by atoms with Crippen LogP contribution in [0.25, 0.3) is 0 Å². The first-order valence-electron chi connectivity index (χ1n) is 5.68. The second-order valence-electron chi connectivity index (χ2n) is 4.47. The van der Waals surface area contributed by atoms with E-state index in [9.17, 15) is 0 Å². The van der Waals surface area contributed by atoms with E-state index in [0.29, 0.717) is 17.3 Å². The lowest BCUT2D eigenvalue weighted by molar-refractivity contribution is 0.0250. The highest BCUT2D eigenvalue weighted by Gasteiger charge is 2.25. The van der Waals surface area contributed by atoms with Crippen LogP contribution in [0.1, 0.15) is 5.56 Å². The van der Waals surface area contributed by atoms with Crippen molar-refractivity contribution >= 4 is 28.1 Å². The zero-order valence-corrected chi connectivity index (χ0v) is 12.0. The van der Waals surface area contributed by atoms with Crippen LogP contribution < -0.4 is 4.90 Å². The Kier molecular flexibility index (Phi) is 4.40. The van der Waals surface area contributed by atoms with E-state index in [0.717, 1.165) is 24.6 Å². The second-order valence-corrected chi connectivity index (χ2v) is 5.58. The third-order valence-corrected chi connectivity index (χ3v) is 4.02. The van der Waals surface area contributed by atoms with Gasteiger partial charge in [0.25, 0.3) is 0 Å². The number of anilines is 1. The summed E-state index contributed by atoms with van der Waals surface area (Å²) in [4.78, 5) is 4.23. The van der Waals surface area contributed by atoms with E-state index < -0.39 is 0 Å². The highest BCUT2D eigenvalue weighted by molar-refractivity contribution is 7.10. The third kappa shape index (κ3) is 2.93. The summed E-state index contributed by atoms with van der Waals surface area (Å²) in [7, 11) is 4.04. The predicted molar refractivity (Wildman–Crippen MR) is 72.3 cm³/mol. The SMILES string of the molecule is CN(C)CC1CN(c2snc(Cl)c2C#N)CCO1. The molecule has 2 heterocycles. The first kappa shape index (κ1) is 13.6. The van der Waals surface area contributed by atoms with Crippen LogP contribution in [0.3, 0.4) is 0 Å². The van der Waals surface area contributed by atoms with Gasteiger partial charge in [0.1, 0.15) is 16.6 Å². The molecule has 1 atom stereocenters. The maximum absolute atomic E-state index is 9.10. The van der Waals surface area contributed by atoms with Crippen LogP contribution in [0, 0.1) is 11.3 Å². The molecular weight excluding hydrogens is 272 g/mol. The number of nitrogens with zero attached hydrogens (tertiary/aromatic N) is 4. The fourth-order valence-corrected chi connectivity index (χ4v) is 3.06. The van der Waals surface area contributed by atoms with Gasteiger partial charge in [0.2, 0.25) is 0 Å². The monoisotopic (exact) mass is 286 g/mol. The molecule has 0 bridgehead atoms. The normalized spacial score (nSPS) is 20.2. The molecule has 0 spiro atoms. The lowest BCUT2D eigenvalue weighted by Crippen LogP contribution is -2.46. The van der Waals surface area contributed by atoms with E-state index in [1.807, 2.05) is 14.1 Å². The number of morpholine rings is 1. The van der Waals surface area contributed by atoms with Crippen molar-refractivity contribution in [2.45, 2.75) is 6.10 Å². The van der Waals surface area contributed by atoms with Crippen molar-refractivity contribution in [1.82, 2.24) is 9.27 Å². The molecule has 1 aliphatic heterocycles. The molecule has 0 aromatic carbocycles. The summed E-state index contributed by atoms with van der Waals surface area (Å²) in [6.07, 6.45) is 0.154. The van der Waals surface area contributed by atoms with Crippen molar-refractivity contribution in [3.8, 4) is 6.07 Å². The van der Waals surface area contributed by atoms with Crippen molar-refractivity contribution in [2.75, 3.05) is 45.2 Å². The molecule has 1 saturated heterocycles. The molecule has 1 aromatic heterocycles. The lowest BCUT2D eigenvalue weighted by atomic mass is 10.2. The molecule has 1 aliphatic rings. The maximum atomic E-state index is 9.10. The Morgan fingerprint density at radius 2 is 2.44 bits per heavy atom. The Bertz CT molecular complexity index is 456. The Morgan fingerprint density at radius 3 is 3.11 bits per heavy atom. The van der Waals surface area contributed by atoms with Gasteiger partial charge in [-0.05, 0) is 25.6 Å². The summed E-state index contributed by atoms with van der Waals surface area (Å²) in [6, 6.07) is 2.12. The van der Waals surface area contributed by atoms with Gasteiger partial charge >= 0.3 is 0 Å². The second kappa shape index (κ2) is 5.85. The lowest BCUT2D eigenvalue weighted by Gasteiger charge is -2.34. The molecule has 1 unspecified atom stereocenters. The summed E-state index contributed by atoms with van der Waals surface area (Å²) >= 11 is 7.18. The van der Waals surface area contributed by atoms with E-state index >= 15 is 0 Å². The summed E-state index contributed by atoms with van der Waals surface area (Å²) in [6.45, 7) is 3.08. The third-order valence-electron chi connectivity index (χ3n) is 2.74. The van der Waals surface area contributed by atoms with E-state index in [-0.39, 0.29) is 6.10 Å². The molecule has 0 aliphatic carbocycles. The van der Waals surface area contributed by atoms with Crippen LogP contribution in [-0.4, -0.2) is 55.7 Å². The van der Waals surface area contributed by atoms with Crippen LogP contribution in [0.2, 0.25) is 5.15 Å². The number of hydrogen-bond acceptors (Lipinski definition) is 6. The molecule has 1 aromatic rings. The van der Waals surface area contributed by atoms with Crippen LogP contribution in [-0.2, 0) is 4.74 Å². The largest absolute Gasteiger partial charge is 0.373 e. The van der Waals surface area contributed by atoms with Crippen LogP contribution in [0.5, 0.6) is 0 Å².